The van der Waals surface area contributed by atoms with Crippen molar-refractivity contribution in [3.05, 3.63) is 33.8 Å². The fourth-order valence-electron chi connectivity index (χ4n) is 1.48. The molecule has 2 N–H and O–H groups in total. The lowest BCUT2D eigenvalue weighted by molar-refractivity contribution is 0.0928. The predicted molar refractivity (Wildman–Crippen MR) is 74.3 cm³/mol. The van der Waals surface area contributed by atoms with E-state index in [0.29, 0.717) is 28.6 Å². The van der Waals surface area contributed by atoms with E-state index in [4.69, 9.17) is 28.3 Å². The van der Waals surface area contributed by atoms with Crippen LogP contribution in [0.5, 0.6) is 0 Å². The zero-order valence-electron chi connectivity index (χ0n) is 10.5. The standard InChI is InChI=1S/C13H17Cl2NO2/c1-13(2,5-6-17)8-16-12(18)10-7-9(14)3-4-11(10)15/h3-4,7,17H,5-6,8H2,1-2H3,(H,16,18). The maximum atomic E-state index is 12.0. The summed E-state index contributed by atoms with van der Waals surface area (Å²) < 4.78 is 0. The summed E-state index contributed by atoms with van der Waals surface area (Å²) in [6.45, 7) is 4.52. The van der Waals surface area contributed by atoms with Crippen LogP contribution in [-0.2, 0) is 0 Å². The van der Waals surface area contributed by atoms with Gasteiger partial charge in [-0.1, -0.05) is 37.0 Å². The fraction of sp³-hybridized carbons (Fsp3) is 0.462. The molecule has 1 aromatic rings. The molecule has 0 aromatic heterocycles. The Morgan fingerprint density at radius 1 is 1.39 bits per heavy atom. The van der Waals surface area contributed by atoms with Gasteiger partial charge in [0.15, 0.2) is 0 Å². The van der Waals surface area contributed by atoms with Crippen LogP contribution in [0.25, 0.3) is 0 Å². The third-order valence-electron chi connectivity index (χ3n) is 2.69. The molecule has 0 bridgehead atoms. The van der Waals surface area contributed by atoms with E-state index in [9.17, 15) is 4.79 Å². The van der Waals surface area contributed by atoms with E-state index >= 15 is 0 Å². The first kappa shape index (κ1) is 15.3. The second kappa shape index (κ2) is 6.41. The van der Waals surface area contributed by atoms with Gasteiger partial charge >= 0.3 is 0 Å². The predicted octanol–water partition coefficient (Wildman–Crippen LogP) is 3.13. The van der Waals surface area contributed by atoms with E-state index in [1.54, 1.807) is 12.1 Å². The van der Waals surface area contributed by atoms with Crippen LogP contribution in [0.4, 0.5) is 0 Å². The molecule has 0 radical (unpaired) electrons. The van der Waals surface area contributed by atoms with Crippen LogP contribution >= 0.6 is 23.2 Å². The molecule has 18 heavy (non-hydrogen) atoms. The normalized spacial score (nSPS) is 11.4. The van der Waals surface area contributed by atoms with E-state index in [-0.39, 0.29) is 17.9 Å². The minimum absolute atomic E-state index is 0.0980. The summed E-state index contributed by atoms with van der Waals surface area (Å²) in [4.78, 5) is 12.0. The maximum Gasteiger partial charge on any atom is 0.252 e. The number of rotatable bonds is 5. The van der Waals surface area contributed by atoms with Crippen LogP contribution in [0, 0.1) is 5.41 Å². The number of carbonyl (C=O) groups is 1. The topological polar surface area (TPSA) is 49.3 Å². The van der Waals surface area contributed by atoms with Gasteiger partial charge in [0.05, 0.1) is 10.6 Å². The average Bonchev–Trinajstić information content (AvgIpc) is 2.29. The highest BCUT2D eigenvalue weighted by Crippen LogP contribution is 2.22. The van der Waals surface area contributed by atoms with E-state index in [0.717, 1.165) is 0 Å². The molecule has 0 spiro atoms. The molecular formula is C13H17Cl2NO2. The van der Waals surface area contributed by atoms with E-state index in [1.807, 2.05) is 13.8 Å². The number of nitrogens with one attached hydrogen (secondary N) is 1. The lowest BCUT2D eigenvalue weighted by Crippen LogP contribution is -2.34. The van der Waals surface area contributed by atoms with Crippen molar-refractivity contribution in [2.24, 2.45) is 5.41 Å². The van der Waals surface area contributed by atoms with Crippen LogP contribution in [0.3, 0.4) is 0 Å². The van der Waals surface area contributed by atoms with Gasteiger partial charge in [0.1, 0.15) is 0 Å². The molecule has 0 aliphatic heterocycles. The van der Waals surface area contributed by atoms with E-state index in [2.05, 4.69) is 5.32 Å². The number of hydrogen-bond acceptors (Lipinski definition) is 2. The van der Waals surface area contributed by atoms with Gasteiger partial charge in [0, 0.05) is 18.2 Å². The molecule has 0 heterocycles. The molecule has 3 nitrogen and oxygen atoms in total. The number of hydrogen-bond donors (Lipinski definition) is 2. The molecule has 1 aromatic carbocycles. The maximum absolute atomic E-state index is 12.0. The van der Waals surface area contributed by atoms with Crippen LogP contribution in [0.2, 0.25) is 10.0 Å². The molecule has 0 saturated heterocycles. The summed E-state index contributed by atoms with van der Waals surface area (Å²) in [7, 11) is 0. The molecule has 100 valence electrons. The van der Waals surface area contributed by atoms with Crippen molar-refractivity contribution in [3.8, 4) is 0 Å². The van der Waals surface area contributed by atoms with Crippen molar-refractivity contribution in [1.29, 1.82) is 0 Å². The average molecular weight is 290 g/mol. The molecule has 5 heteroatoms. The lowest BCUT2D eigenvalue weighted by Gasteiger charge is -2.23. The SMILES string of the molecule is CC(C)(CCO)CNC(=O)c1cc(Cl)ccc1Cl. The zero-order valence-corrected chi connectivity index (χ0v) is 12.0. The fourth-order valence-corrected chi connectivity index (χ4v) is 1.85. The van der Waals surface area contributed by atoms with Crippen LogP contribution in [0.1, 0.15) is 30.6 Å². The van der Waals surface area contributed by atoms with Gasteiger partial charge < -0.3 is 10.4 Å². The Bertz CT molecular complexity index is 433. The van der Waals surface area contributed by atoms with Gasteiger partial charge in [-0.2, -0.15) is 0 Å². The Morgan fingerprint density at radius 2 is 2.06 bits per heavy atom. The third kappa shape index (κ3) is 4.48. The Balaban J connectivity index is 2.69. The Morgan fingerprint density at radius 3 is 2.67 bits per heavy atom. The second-order valence-corrected chi connectivity index (χ2v) is 5.79. The first-order valence-corrected chi connectivity index (χ1v) is 6.45. The minimum atomic E-state index is -0.256. The number of carbonyl (C=O) groups excluding carboxylic acids is 1. The minimum Gasteiger partial charge on any atom is -0.396 e. The summed E-state index contributed by atoms with van der Waals surface area (Å²) in [6, 6.07) is 4.77. The summed E-state index contributed by atoms with van der Waals surface area (Å²) in [5.74, 6) is -0.256. The van der Waals surface area contributed by atoms with Gasteiger partial charge in [0.25, 0.3) is 5.91 Å². The number of amides is 1. The van der Waals surface area contributed by atoms with Gasteiger partial charge in [-0.3, -0.25) is 4.79 Å². The van der Waals surface area contributed by atoms with Gasteiger partial charge in [-0.15, -0.1) is 0 Å². The lowest BCUT2D eigenvalue weighted by atomic mass is 9.89. The largest absolute Gasteiger partial charge is 0.396 e. The van der Waals surface area contributed by atoms with Crippen molar-refractivity contribution in [1.82, 2.24) is 5.32 Å². The molecule has 1 amide bonds. The third-order valence-corrected chi connectivity index (χ3v) is 3.25. The monoisotopic (exact) mass is 289 g/mol. The molecule has 0 aliphatic carbocycles. The Hall–Kier alpha value is -0.770. The van der Waals surface area contributed by atoms with Crippen LogP contribution < -0.4 is 5.32 Å². The first-order valence-electron chi connectivity index (χ1n) is 5.70. The summed E-state index contributed by atoms with van der Waals surface area (Å²) in [5.41, 5.74) is 0.208. The molecular weight excluding hydrogens is 273 g/mol. The highest BCUT2D eigenvalue weighted by molar-refractivity contribution is 6.35. The van der Waals surface area contributed by atoms with Gasteiger partial charge in [0.2, 0.25) is 0 Å². The summed E-state index contributed by atoms with van der Waals surface area (Å²) in [5, 5.41) is 12.6. The van der Waals surface area contributed by atoms with Crippen molar-refractivity contribution >= 4 is 29.1 Å². The van der Waals surface area contributed by atoms with Gasteiger partial charge in [-0.25, -0.2) is 0 Å². The Labute approximate surface area is 117 Å². The summed E-state index contributed by atoms with van der Waals surface area (Å²) >= 11 is 11.8. The zero-order chi connectivity index (χ0) is 13.8. The molecule has 0 unspecified atom stereocenters. The highest BCUT2D eigenvalue weighted by atomic mass is 35.5. The number of benzene rings is 1. The first-order chi connectivity index (χ1) is 8.35. The number of aliphatic hydroxyl groups excluding tert-OH is 1. The molecule has 0 atom stereocenters. The van der Waals surface area contributed by atoms with Crippen molar-refractivity contribution in [2.75, 3.05) is 13.2 Å². The van der Waals surface area contributed by atoms with Crippen LogP contribution in [0.15, 0.2) is 18.2 Å². The summed E-state index contributed by atoms with van der Waals surface area (Å²) in [6.07, 6.45) is 0.622. The Kier molecular flexibility index (Phi) is 5.45. The molecule has 0 saturated carbocycles. The van der Waals surface area contributed by atoms with Crippen LogP contribution in [-0.4, -0.2) is 24.2 Å². The molecule has 0 fully saturated rings. The molecule has 1 rings (SSSR count). The number of aliphatic hydroxyl groups is 1. The van der Waals surface area contributed by atoms with Crippen molar-refractivity contribution in [2.45, 2.75) is 20.3 Å². The smallest absolute Gasteiger partial charge is 0.252 e. The van der Waals surface area contributed by atoms with Gasteiger partial charge in [-0.05, 0) is 30.0 Å². The van der Waals surface area contributed by atoms with Crippen molar-refractivity contribution in [3.63, 3.8) is 0 Å². The van der Waals surface area contributed by atoms with E-state index in [1.165, 1.54) is 6.07 Å². The highest BCUT2D eigenvalue weighted by Gasteiger charge is 2.19. The van der Waals surface area contributed by atoms with E-state index < -0.39 is 0 Å². The number of halogens is 2. The second-order valence-electron chi connectivity index (χ2n) is 4.94. The molecule has 0 aliphatic rings. The van der Waals surface area contributed by atoms with Crippen molar-refractivity contribution < 1.29 is 9.90 Å². The quantitative estimate of drug-likeness (QED) is 0.875.